The summed E-state index contributed by atoms with van der Waals surface area (Å²) in [6.07, 6.45) is 2.58. The molecule has 0 aliphatic rings. The fourth-order valence-electron chi connectivity index (χ4n) is 1.79. The zero-order valence-corrected chi connectivity index (χ0v) is 13.0. The van der Waals surface area contributed by atoms with Crippen molar-refractivity contribution in [3.63, 3.8) is 0 Å². The van der Waals surface area contributed by atoms with Crippen LogP contribution >= 0.6 is 0 Å². The Labute approximate surface area is 128 Å². The van der Waals surface area contributed by atoms with Crippen molar-refractivity contribution in [1.29, 1.82) is 0 Å². The van der Waals surface area contributed by atoms with Crippen LogP contribution in [0.2, 0.25) is 0 Å². The molecule has 22 heavy (non-hydrogen) atoms. The third kappa shape index (κ3) is 3.94. The molecule has 0 aliphatic carbocycles. The van der Waals surface area contributed by atoms with Crippen LogP contribution in [0.1, 0.15) is 32.0 Å². The van der Waals surface area contributed by atoms with Gasteiger partial charge in [0.25, 0.3) is 0 Å². The number of aromatic amines is 1. The molecule has 1 N–H and O–H groups in total. The number of hydrogen-bond donors (Lipinski definition) is 1. The summed E-state index contributed by atoms with van der Waals surface area (Å²) in [5.74, 6) is -0.524. The Morgan fingerprint density at radius 2 is 1.91 bits per heavy atom. The summed E-state index contributed by atoms with van der Waals surface area (Å²) in [7, 11) is 0. The first-order valence-corrected chi connectivity index (χ1v) is 6.88. The van der Waals surface area contributed by atoms with Gasteiger partial charge in [0.1, 0.15) is 5.60 Å². The van der Waals surface area contributed by atoms with E-state index in [-0.39, 0.29) is 5.69 Å². The highest BCUT2D eigenvalue weighted by molar-refractivity contribution is 5.86. The molecule has 0 aliphatic heterocycles. The molecule has 116 valence electrons. The monoisotopic (exact) mass is 303 g/mol. The maximum absolute atomic E-state index is 11.8. The average Bonchev–Trinajstić information content (AvgIpc) is 2.77. The molecule has 6 nitrogen and oxygen atoms in total. The summed E-state index contributed by atoms with van der Waals surface area (Å²) in [4.78, 5) is 23.5. The topological polar surface area (TPSA) is 76.2 Å². The number of aryl methyl sites for hydroxylation is 1. The number of carbonyl (C=O) groups excluding carboxylic acids is 1. The Kier molecular flexibility index (Phi) is 4.30. The van der Waals surface area contributed by atoms with Crippen molar-refractivity contribution in [3.8, 4) is 5.69 Å². The van der Waals surface area contributed by atoms with Gasteiger partial charge in [-0.3, -0.25) is 4.52 Å². The van der Waals surface area contributed by atoms with E-state index in [1.807, 2.05) is 31.2 Å². The molecule has 1 aromatic heterocycles. The molecule has 1 aromatic carbocycles. The van der Waals surface area contributed by atoms with E-state index in [2.05, 4.69) is 5.27 Å². The van der Waals surface area contributed by atoms with Crippen molar-refractivity contribution in [2.75, 3.05) is 0 Å². The lowest BCUT2D eigenvalue weighted by molar-refractivity contribution is -0.672. The maximum atomic E-state index is 11.8. The average molecular weight is 303 g/mol. The second-order valence-corrected chi connectivity index (χ2v) is 5.90. The second kappa shape index (κ2) is 6.01. The zero-order valence-electron chi connectivity index (χ0n) is 13.0. The molecule has 0 fully saturated rings. The molecule has 0 unspecified atom stereocenters. The highest BCUT2D eigenvalue weighted by atomic mass is 16.6. The van der Waals surface area contributed by atoms with Crippen molar-refractivity contribution in [3.05, 3.63) is 52.0 Å². The van der Waals surface area contributed by atoms with Gasteiger partial charge in [0.2, 0.25) is 5.69 Å². The number of H-pyrrole nitrogens is 1. The van der Waals surface area contributed by atoms with Gasteiger partial charge < -0.3 is 4.74 Å². The smallest absolute Gasteiger partial charge is 0.435 e. The van der Waals surface area contributed by atoms with Crippen LogP contribution < -0.4 is 10.3 Å². The van der Waals surface area contributed by atoms with Gasteiger partial charge in [0.15, 0.2) is 0 Å². The zero-order chi connectivity index (χ0) is 16.3. The predicted octanol–water partition coefficient (Wildman–Crippen LogP) is 1.91. The molecule has 0 amide bonds. The first-order valence-electron chi connectivity index (χ1n) is 6.88. The molecule has 1 heterocycles. The largest absolute Gasteiger partial charge is 0.457 e. The normalized spacial score (nSPS) is 11.8. The standard InChI is InChI=1S/C16H18N2O4/c1-11-5-7-12(8-6-11)18-13(15(20)22-17-18)9-10-14(19)21-16(2,3)4/h5-10H,1-4H3/p+1. The van der Waals surface area contributed by atoms with Crippen molar-refractivity contribution >= 4 is 12.0 Å². The molecule has 0 saturated carbocycles. The van der Waals surface area contributed by atoms with E-state index in [0.29, 0.717) is 0 Å². The van der Waals surface area contributed by atoms with Gasteiger partial charge in [0.05, 0.1) is 0 Å². The number of hydrogen-bond acceptors (Lipinski definition) is 4. The van der Waals surface area contributed by atoms with Crippen molar-refractivity contribution in [2.45, 2.75) is 33.3 Å². The van der Waals surface area contributed by atoms with Crippen LogP contribution in [0.15, 0.2) is 39.7 Å². The molecule has 0 atom stereocenters. The number of rotatable bonds is 3. The molecule has 0 radical (unpaired) electrons. The number of nitrogens with one attached hydrogen (secondary N) is 1. The first-order chi connectivity index (χ1) is 10.3. The predicted molar refractivity (Wildman–Crippen MR) is 80.5 cm³/mol. The van der Waals surface area contributed by atoms with E-state index < -0.39 is 17.2 Å². The van der Waals surface area contributed by atoms with E-state index in [4.69, 9.17) is 9.26 Å². The number of ether oxygens (including phenoxy) is 1. The Bertz CT molecular complexity index is 746. The van der Waals surface area contributed by atoms with E-state index in [0.717, 1.165) is 11.3 Å². The van der Waals surface area contributed by atoms with Crippen LogP contribution in [0.3, 0.4) is 0 Å². The minimum Gasteiger partial charge on any atom is -0.457 e. The van der Waals surface area contributed by atoms with Gasteiger partial charge in [-0.15, -0.1) is 0 Å². The quantitative estimate of drug-likeness (QED) is 0.534. The minimum atomic E-state index is -0.586. The lowest BCUT2D eigenvalue weighted by atomic mass is 10.2. The molecular weight excluding hydrogens is 284 g/mol. The lowest BCUT2D eigenvalue weighted by Crippen LogP contribution is -2.36. The molecule has 2 rings (SSSR count). The fraction of sp³-hybridized carbons (Fsp3) is 0.312. The molecular formula is C16H19N2O4+. The van der Waals surface area contributed by atoms with Crippen LogP contribution in [0, 0.1) is 6.92 Å². The van der Waals surface area contributed by atoms with Crippen LogP contribution in [0.5, 0.6) is 0 Å². The maximum Gasteiger partial charge on any atom is 0.435 e. The van der Waals surface area contributed by atoms with E-state index >= 15 is 0 Å². The third-order valence-electron chi connectivity index (χ3n) is 2.76. The van der Waals surface area contributed by atoms with Crippen LogP contribution in [0.4, 0.5) is 0 Å². The summed E-state index contributed by atoms with van der Waals surface area (Å²) in [6, 6.07) is 7.50. The summed E-state index contributed by atoms with van der Waals surface area (Å²) in [6.45, 7) is 7.29. The molecule has 2 aromatic rings. The third-order valence-corrected chi connectivity index (χ3v) is 2.76. The van der Waals surface area contributed by atoms with Crippen molar-refractivity contribution in [2.24, 2.45) is 0 Å². The number of nitrogens with zero attached hydrogens (tertiary/aromatic N) is 1. The molecule has 0 spiro atoms. The Balaban J connectivity index is 2.29. The van der Waals surface area contributed by atoms with Crippen molar-refractivity contribution in [1.82, 2.24) is 5.27 Å². The highest BCUT2D eigenvalue weighted by Gasteiger charge is 2.21. The molecule has 0 bridgehead atoms. The SMILES string of the molecule is Cc1ccc(-[n+]2[nH]oc(=O)c2/C=C/C(=O)OC(C)(C)C)cc1. The Morgan fingerprint density at radius 1 is 1.27 bits per heavy atom. The van der Waals surface area contributed by atoms with Crippen LogP contribution in [-0.2, 0) is 9.53 Å². The number of benzene rings is 1. The van der Waals surface area contributed by atoms with E-state index in [9.17, 15) is 9.59 Å². The summed E-state index contributed by atoms with van der Waals surface area (Å²) >= 11 is 0. The van der Waals surface area contributed by atoms with E-state index in [1.165, 1.54) is 16.8 Å². The van der Waals surface area contributed by atoms with Gasteiger partial charge in [-0.05, 0) is 37.6 Å². The number of esters is 1. The van der Waals surface area contributed by atoms with E-state index in [1.54, 1.807) is 20.8 Å². The van der Waals surface area contributed by atoms with Gasteiger partial charge in [-0.25, -0.2) is 9.59 Å². The summed E-state index contributed by atoms with van der Waals surface area (Å²) in [5.41, 5.74) is 0.869. The summed E-state index contributed by atoms with van der Waals surface area (Å²) < 4.78 is 11.4. The fourth-order valence-corrected chi connectivity index (χ4v) is 1.79. The van der Waals surface area contributed by atoms with Crippen LogP contribution in [-0.4, -0.2) is 16.8 Å². The molecule has 0 saturated heterocycles. The lowest BCUT2D eigenvalue weighted by Gasteiger charge is -2.17. The highest BCUT2D eigenvalue weighted by Crippen LogP contribution is 2.08. The first kappa shape index (κ1) is 15.8. The molecule has 6 heteroatoms. The second-order valence-electron chi connectivity index (χ2n) is 5.90. The van der Waals surface area contributed by atoms with Gasteiger partial charge in [-0.2, -0.15) is 0 Å². The Morgan fingerprint density at radius 3 is 2.50 bits per heavy atom. The number of carbonyl (C=O) groups is 1. The van der Waals surface area contributed by atoms with Gasteiger partial charge in [0, 0.05) is 24.3 Å². The van der Waals surface area contributed by atoms with Gasteiger partial charge >= 0.3 is 17.3 Å². The Hall–Kier alpha value is -2.63. The minimum absolute atomic E-state index is 0.203. The van der Waals surface area contributed by atoms with Crippen LogP contribution in [0.25, 0.3) is 11.8 Å². The van der Waals surface area contributed by atoms with Crippen molar-refractivity contribution < 1.29 is 18.7 Å². The summed E-state index contributed by atoms with van der Waals surface area (Å²) in [5, 5.41) is 2.51. The number of aromatic nitrogens is 2. The van der Waals surface area contributed by atoms with Gasteiger partial charge in [-0.1, -0.05) is 17.7 Å².